The highest BCUT2D eigenvalue weighted by molar-refractivity contribution is 8.15. The van der Waals surface area contributed by atoms with E-state index in [1.54, 1.807) is 28.1 Å². The van der Waals surface area contributed by atoms with Crippen molar-refractivity contribution in [1.82, 2.24) is 4.90 Å². The Morgan fingerprint density at radius 2 is 1.96 bits per heavy atom. The van der Waals surface area contributed by atoms with Crippen molar-refractivity contribution in [1.29, 1.82) is 0 Å². The second-order valence-electron chi connectivity index (χ2n) is 7.01. The van der Waals surface area contributed by atoms with Crippen molar-refractivity contribution < 1.29 is 22.7 Å². The summed E-state index contributed by atoms with van der Waals surface area (Å²) in [5, 5.41) is 0.516. The van der Waals surface area contributed by atoms with Gasteiger partial charge in [0.15, 0.2) is 26.5 Å². The Kier molecular flexibility index (Phi) is 5.71. The van der Waals surface area contributed by atoms with E-state index in [0.29, 0.717) is 23.2 Å². The van der Waals surface area contributed by atoms with Gasteiger partial charge < -0.3 is 14.4 Å². The molecule has 27 heavy (non-hydrogen) atoms. The summed E-state index contributed by atoms with van der Waals surface area (Å²) in [4.78, 5) is 18.4. The van der Waals surface area contributed by atoms with Gasteiger partial charge in [0.25, 0.3) is 5.91 Å². The van der Waals surface area contributed by atoms with Crippen molar-refractivity contribution in [2.24, 2.45) is 10.9 Å². The van der Waals surface area contributed by atoms with E-state index in [1.807, 2.05) is 23.1 Å². The summed E-state index contributed by atoms with van der Waals surface area (Å²) in [6.07, 6.45) is 0. The summed E-state index contributed by atoms with van der Waals surface area (Å²) in [5.74, 6) is 1.05. The zero-order valence-electron chi connectivity index (χ0n) is 15.8. The molecule has 2 fully saturated rings. The second-order valence-corrected chi connectivity index (χ2v) is 10.4. The van der Waals surface area contributed by atoms with Crippen molar-refractivity contribution in [2.75, 3.05) is 25.7 Å². The van der Waals surface area contributed by atoms with Crippen LogP contribution in [0.2, 0.25) is 0 Å². The first-order chi connectivity index (χ1) is 12.7. The molecule has 0 spiro atoms. The van der Waals surface area contributed by atoms with Crippen LogP contribution < -0.4 is 9.47 Å². The van der Waals surface area contributed by atoms with E-state index in [0.717, 1.165) is 5.56 Å². The fourth-order valence-electron chi connectivity index (χ4n) is 3.22. The molecule has 0 radical (unpaired) electrons. The van der Waals surface area contributed by atoms with Crippen LogP contribution >= 0.6 is 11.8 Å². The van der Waals surface area contributed by atoms with Gasteiger partial charge in [-0.3, -0.25) is 4.79 Å². The van der Waals surface area contributed by atoms with Crippen LogP contribution in [0.5, 0.6) is 11.5 Å². The molecule has 148 valence electrons. The van der Waals surface area contributed by atoms with Gasteiger partial charge >= 0.3 is 0 Å². The predicted octanol–water partition coefficient (Wildman–Crippen LogP) is 1.96. The summed E-state index contributed by atoms with van der Waals surface area (Å²) in [5.41, 5.74) is 0.933. The quantitative estimate of drug-likeness (QED) is 0.731. The van der Waals surface area contributed by atoms with E-state index in [-0.39, 0.29) is 34.6 Å². The maximum atomic E-state index is 12.1. The number of fused-ring (bicyclic) bond motifs is 1. The summed E-state index contributed by atoms with van der Waals surface area (Å²) in [6, 6.07) is 5.41. The molecule has 2 saturated heterocycles. The highest BCUT2D eigenvalue weighted by Gasteiger charge is 2.48. The number of methoxy groups -OCH3 is 2. The number of carbonyl (C=O) groups excluding carboxylic acids is 1. The second kappa shape index (κ2) is 7.71. The molecule has 0 unspecified atom stereocenters. The summed E-state index contributed by atoms with van der Waals surface area (Å²) in [6.45, 7) is 4.06. The van der Waals surface area contributed by atoms with E-state index >= 15 is 0 Å². The highest BCUT2D eigenvalue weighted by atomic mass is 32.2. The number of thioether (sulfide) groups is 1. The fraction of sp³-hybridized carbons (Fsp3) is 0.556. The van der Waals surface area contributed by atoms with Gasteiger partial charge in [-0.2, -0.15) is 4.99 Å². The number of carbonyl (C=O) groups is 1. The lowest BCUT2D eigenvalue weighted by Crippen LogP contribution is -2.37. The number of sulfone groups is 1. The largest absolute Gasteiger partial charge is 0.493 e. The fourth-order valence-corrected chi connectivity index (χ4v) is 7.18. The van der Waals surface area contributed by atoms with Crippen molar-refractivity contribution in [2.45, 2.75) is 31.7 Å². The maximum Gasteiger partial charge on any atom is 0.250 e. The monoisotopic (exact) mass is 412 g/mol. The summed E-state index contributed by atoms with van der Waals surface area (Å²) in [7, 11) is 0.0753. The van der Waals surface area contributed by atoms with Crippen molar-refractivity contribution in [3.05, 3.63) is 23.8 Å². The lowest BCUT2D eigenvalue weighted by molar-refractivity contribution is -0.120. The molecule has 2 heterocycles. The summed E-state index contributed by atoms with van der Waals surface area (Å²) < 4.78 is 34.8. The van der Waals surface area contributed by atoms with Crippen LogP contribution in [0, 0.1) is 5.92 Å². The van der Waals surface area contributed by atoms with Gasteiger partial charge in [-0.15, -0.1) is 0 Å². The van der Waals surface area contributed by atoms with E-state index in [1.165, 1.54) is 11.8 Å². The van der Waals surface area contributed by atoms with Gasteiger partial charge in [-0.25, -0.2) is 8.42 Å². The molecule has 2 aliphatic rings. The Bertz CT molecular complexity index is 867. The van der Waals surface area contributed by atoms with Crippen molar-refractivity contribution in [3.8, 4) is 11.5 Å². The Balaban J connectivity index is 1.91. The normalized spacial score (nSPS) is 25.1. The van der Waals surface area contributed by atoms with Gasteiger partial charge in [0.1, 0.15) is 0 Å². The van der Waals surface area contributed by atoms with Gasteiger partial charge in [-0.05, 0) is 17.7 Å². The molecule has 0 aliphatic carbocycles. The number of amidine groups is 1. The van der Waals surface area contributed by atoms with E-state index in [9.17, 15) is 13.2 Å². The molecule has 9 heteroatoms. The van der Waals surface area contributed by atoms with Crippen molar-refractivity contribution >= 4 is 32.7 Å². The number of benzene rings is 1. The lowest BCUT2D eigenvalue weighted by atomic mass is 10.1. The first-order valence-corrected chi connectivity index (χ1v) is 11.4. The third-order valence-corrected chi connectivity index (χ3v) is 7.92. The number of ether oxygens (including phenoxy) is 2. The van der Waals surface area contributed by atoms with E-state index < -0.39 is 9.84 Å². The van der Waals surface area contributed by atoms with Crippen LogP contribution in [0.25, 0.3) is 0 Å². The highest BCUT2D eigenvalue weighted by Crippen LogP contribution is 2.39. The standard InChI is InChI=1S/C18H24N2O5S2/c1-11(2)17(21)19-18-20(13-9-27(22,23)10-16(13)26-18)8-12-5-6-14(24-3)15(7-12)25-4/h5-7,11,13,16H,8-10H2,1-4H3/t13-,16+/m0/s1. The Labute approximate surface area is 164 Å². The predicted molar refractivity (Wildman–Crippen MR) is 106 cm³/mol. The Morgan fingerprint density at radius 1 is 1.26 bits per heavy atom. The minimum Gasteiger partial charge on any atom is -0.493 e. The van der Waals surface area contributed by atoms with Crippen LogP contribution in [-0.4, -0.2) is 61.4 Å². The molecular weight excluding hydrogens is 388 g/mol. The number of nitrogens with zero attached hydrogens (tertiary/aromatic N) is 2. The zero-order valence-corrected chi connectivity index (χ0v) is 17.5. The van der Waals surface area contributed by atoms with Crippen LogP contribution in [0.15, 0.2) is 23.2 Å². The molecule has 0 N–H and O–H groups in total. The molecule has 1 aromatic carbocycles. The Morgan fingerprint density at radius 3 is 2.59 bits per heavy atom. The number of rotatable bonds is 5. The van der Waals surface area contributed by atoms with Crippen molar-refractivity contribution in [3.63, 3.8) is 0 Å². The van der Waals surface area contributed by atoms with Crippen LogP contribution in [-0.2, 0) is 21.2 Å². The smallest absolute Gasteiger partial charge is 0.250 e. The van der Waals surface area contributed by atoms with Crippen LogP contribution in [0.3, 0.4) is 0 Å². The molecule has 2 aliphatic heterocycles. The minimum absolute atomic E-state index is 0.0890. The molecule has 0 saturated carbocycles. The van der Waals surface area contributed by atoms with Gasteiger partial charge in [0, 0.05) is 17.7 Å². The molecule has 7 nitrogen and oxygen atoms in total. The molecule has 1 aromatic rings. The SMILES string of the molecule is COc1ccc(CN2C(=NC(=O)C(C)C)S[C@@H]3CS(=O)(=O)C[C@@H]32)cc1OC. The van der Waals surface area contributed by atoms with Gasteiger partial charge in [-0.1, -0.05) is 31.7 Å². The first kappa shape index (κ1) is 20.0. The van der Waals surface area contributed by atoms with E-state index in [2.05, 4.69) is 4.99 Å². The third-order valence-electron chi connectivity index (χ3n) is 4.68. The number of amides is 1. The Hall–Kier alpha value is -1.74. The molecule has 3 rings (SSSR count). The molecule has 2 atom stereocenters. The average Bonchev–Trinajstić information content (AvgIpc) is 3.07. The maximum absolute atomic E-state index is 12.1. The number of aliphatic imine (C=N–C) groups is 1. The average molecular weight is 413 g/mol. The van der Waals surface area contributed by atoms with Crippen LogP contribution in [0.1, 0.15) is 19.4 Å². The van der Waals surface area contributed by atoms with E-state index in [4.69, 9.17) is 9.47 Å². The van der Waals surface area contributed by atoms with Gasteiger partial charge in [0.2, 0.25) is 0 Å². The van der Waals surface area contributed by atoms with Gasteiger partial charge in [0.05, 0.1) is 31.8 Å². The third kappa shape index (κ3) is 4.24. The molecule has 1 amide bonds. The summed E-state index contributed by atoms with van der Waals surface area (Å²) >= 11 is 1.39. The first-order valence-electron chi connectivity index (χ1n) is 8.71. The number of hydrogen-bond acceptors (Lipinski definition) is 6. The molecular formula is C18H24N2O5S2. The molecule has 0 bridgehead atoms. The lowest BCUT2D eigenvalue weighted by Gasteiger charge is -2.25. The van der Waals surface area contributed by atoms with Crippen LogP contribution in [0.4, 0.5) is 0 Å². The molecule has 0 aromatic heterocycles. The number of hydrogen-bond donors (Lipinski definition) is 0. The minimum atomic E-state index is -3.07. The topological polar surface area (TPSA) is 85.3 Å². The zero-order chi connectivity index (χ0) is 19.8.